The zero-order valence-corrected chi connectivity index (χ0v) is 15.8. The average molecular weight is 374 g/mol. The Hall–Kier alpha value is -2.26. The van der Waals surface area contributed by atoms with E-state index in [1.54, 1.807) is 10.9 Å². The fourth-order valence-electron chi connectivity index (χ4n) is 2.18. The normalized spacial score (nSPS) is 12.1. The van der Waals surface area contributed by atoms with Crippen molar-refractivity contribution in [3.63, 3.8) is 0 Å². The van der Waals surface area contributed by atoms with E-state index in [1.165, 1.54) is 23.1 Å². The third kappa shape index (κ3) is 4.23. The second-order valence-electron chi connectivity index (χ2n) is 5.51. The van der Waals surface area contributed by atoms with E-state index in [2.05, 4.69) is 25.7 Å². The van der Waals surface area contributed by atoms with Crippen LogP contribution in [0.3, 0.4) is 0 Å². The molecule has 7 nitrogen and oxygen atoms in total. The molecule has 2 heterocycles. The lowest BCUT2D eigenvalue weighted by Crippen LogP contribution is -2.24. The lowest BCUT2D eigenvalue weighted by atomic mass is 10.1. The average Bonchev–Trinajstić information content (AvgIpc) is 3.21. The molecule has 0 bridgehead atoms. The van der Waals surface area contributed by atoms with Crippen LogP contribution in [-0.2, 0) is 11.8 Å². The van der Waals surface area contributed by atoms with Crippen LogP contribution in [0, 0.1) is 6.92 Å². The van der Waals surface area contributed by atoms with Crippen molar-refractivity contribution in [2.24, 2.45) is 7.05 Å². The van der Waals surface area contributed by atoms with Gasteiger partial charge in [-0.3, -0.25) is 10.1 Å². The molecule has 1 N–H and O–H groups in total. The van der Waals surface area contributed by atoms with Crippen LogP contribution in [0.15, 0.2) is 35.7 Å². The largest absolute Gasteiger partial charge is 0.312 e. The number of hydrogen-bond acceptors (Lipinski definition) is 7. The van der Waals surface area contributed by atoms with Gasteiger partial charge in [0.1, 0.15) is 11.3 Å². The molecule has 0 fully saturated rings. The van der Waals surface area contributed by atoms with Gasteiger partial charge in [0.05, 0.1) is 5.25 Å². The van der Waals surface area contributed by atoms with Crippen molar-refractivity contribution >= 4 is 34.1 Å². The van der Waals surface area contributed by atoms with Crippen LogP contribution in [0.25, 0.3) is 10.6 Å². The number of carbonyl (C=O) groups excluding carboxylic acids is 1. The first kappa shape index (κ1) is 17.6. The Labute approximate surface area is 153 Å². The van der Waals surface area contributed by atoms with Crippen molar-refractivity contribution in [2.75, 3.05) is 5.32 Å². The maximum absolute atomic E-state index is 12.5. The molecule has 0 radical (unpaired) electrons. The van der Waals surface area contributed by atoms with Crippen LogP contribution in [-0.4, -0.2) is 36.1 Å². The van der Waals surface area contributed by atoms with Crippen LogP contribution in [0.1, 0.15) is 18.9 Å². The van der Waals surface area contributed by atoms with Crippen molar-refractivity contribution in [2.45, 2.75) is 30.7 Å². The van der Waals surface area contributed by atoms with Crippen molar-refractivity contribution in [3.8, 4) is 10.6 Å². The maximum atomic E-state index is 12.5. The summed E-state index contributed by atoms with van der Waals surface area (Å²) in [5.41, 5.74) is 2.16. The molecule has 1 amide bonds. The van der Waals surface area contributed by atoms with Gasteiger partial charge in [0, 0.05) is 12.6 Å². The Morgan fingerprint density at radius 3 is 2.88 bits per heavy atom. The van der Waals surface area contributed by atoms with Gasteiger partial charge in [-0.05, 0) is 19.4 Å². The van der Waals surface area contributed by atoms with Crippen molar-refractivity contribution in [3.05, 3.63) is 36.2 Å². The molecule has 0 aliphatic carbocycles. The first-order chi connectivity index (χ1) is 12.1. The summed E-state index contributed by atoms with van der Waals surface area (Å²) in [7, 11) is 1.85. The molecule has 0 saturated carbocycles. The van der Waals surface area contributed by atoms with Gasteiger partial charge in [-0.1, -0.05) is 53.8 Å². The second-order valence-corrected chi connectivity index (χ2v) is 7.66. The number of amides is 1. The Morgan fingerprint density at radius 1 is 1.36 bits per heavy atom. The molecule has 1 atom stereocenters. The van der Waals surface area contributed by atoms with Gasteiger partial charge in [-0.2, -0.15) is 0 Å². The summed E-state index contributed by atoms with van der Waals surface area (Å²) in [6.45, 7) is 3.99. The molecule has 0 unspecified atom stereocenters. The Bertz CT molecular complexity index is 875. The van der Waals surface area contributed by atoms with Crippen LogP contribution < -0.4 is 5.32 Å². The summed E-state index contributed by atoms with van der Waals surface area (Å²) < 4.78 is 1.79. The molecular weight excluding hydrogens is 356 g/mol. The molecule has 3 aromatic rings. The summed E-state index contributed by atoms with van der Waals surface area (Å²) >= 11 is 2.75. The highest BCUT2D eigenvalue weighted by Gasteiger charge is 2.21. The quantitative estimate of drug-likeness (QED) is 0.667. The van der Waals surface area contributed by atoms with Crippen LogP contribution in [0.5, 0.6) is 0 Å². The van der Waals surface area contributed by atoms with E-state index < -0.39 is 0 Å². The van der Waals surface area contributed by atoms with Gasteiger partial charge in [0.2, 0.25) is 11.0 Å². The summed E-state index contributed by atoms with van der Waals surface area (Å²) in [5, 5.41) is 20.7. The van der Waals surface area contributed by atoms with E-state index >= 15 is 0 Å². The Kier molecular flexibility index (Phi) is 5.44. The number of nitrogens with zero attached hydrogens (tertiary/aromatic N) is 5. The van der Waals surface area contributed by atoms with Crippen molar-refractivity contribution in [1.29, 1.82) is 0 Å². The number of aromatic nitrogens is 5. The van der Waals surface area contributed by atoms with Gasteiger partial charge < -0.3 is 4.57 Å². The monoisotopic (exact) mass is 374 g/mol. The second kappa shape index (κ2) is 7.75. The zero-order chi connectivity index (χ0) is 17.8. The minimum Gasteiger partial charge on any atom is -0.312 e. The number of hydrogen-bond donors (Lipinski definition) is 1. The van der Waals surface area contributed by atoms with Crippen molar-refractivity contribution in [1.82, 2.24) is 25.0 Å². The summed E-state index contributed by atoms with van der Waals surface area (Å²) in [6, 6.07) is 8.04. The Morgan fingerprint density at radius 2 is 2.20 bits per heavy atom. The van der Waals surface area contributed by atoms with Gasteiger partial charge in [0.25, 0.3) is 0 Å². The molecule has 0 aliphatic heterocycles. The maximum Gasteiger partial charge on any atom is 0.239 e. The summed E-state index contributed by atoms with van der Waals surface area (Å²) in [6.07, 6.45) is 2.29. The first-order valence-electron chi connectivity index (χ1n) is 7.79. The van der Waals surface area contributed by atoms with E-state index in [0.717, 1.165) is 16.1 Å². The van der Waals surface area contributed by atoms with E-state index in [1.807, 2.05) is 45.2 Å². The van der Waals surface area contributed by atoms with Gasteiger partial charge in [-0.15, -0.1) is 20.4 Å². The van der Waals surface area contributed by atoms with E-state index in [9.17, 15) is 4.79 Å². The molecule has 130 valence electrons. The molecule has 2 aromatic heterocycles. The smallest absolute Gasteiger partial charge is 0.239 e. The number of anilines is 1. The van der Waals surface area contributed by atoms with Gasteiger partial charge in [-0.25, -0.2) is 0 Å². The highest BCUT2D eigenvalue weighted by atomic mass is 32.2. The molecule has 3 rings (SSSR count). The predicted molar refractivity (Wildman–Crippen MR) is 99.7 cm³/mol. The molecule has 25 heavy (non-hydrogen) atoms. The molecule has 1 aromatic carbocycles. The summed E-state index contributed by atoms with van der Waals surface area (Å²) in [4.78, 5) is 12.5. The Balaban J connectivity index is 1.69. The zero-order valence-electron chi connectivity index (χ0n) is 14.1. The van der Waals surface area contributed by atoms with Crippen LogP contribution in [0.2, 0.25) is 0 Å². The minimum atomic E-state index is -0.269. The topological polar surface area (TPSA) is 85.6 Å². The molecule has 9 heteroatoms. The van der Waals surface area contributed by atoms with E-state index in [0.29, 0.717) is 16.7 Å². The highest BCUT2D eigenvalue weighted by Crippen LogP contribution is 2.28. The third-order valence-electron chi connectivity index (χ3n) is 3.50. The van der Waals surface area contributed by atoms with Crippen LogP contribution >= 0.6 is 23.1 Å². The SMILES string of the molecule is CC[C@H](Sc1nncn1C)C(=O)Nc1nnc(-c2cccc(C)c2)s1. The number of carbonyl (C=O) groups is 1. The number of benzene rings is 1. The number of aryl methyl sites for hydroxylation is 2. The number of thioether (sulfide) groups is 1. The fourth-order valence-corrected chi connectivity index (χ4v) is 3.82. The number of rotatable bonds is 6. The molecule has 0 spiro atoms. The number of nitrogens with one attached hydrogen (secondary N) is 1. The summed E-state index contributed by atoms with van der Waals surface area (Å²) in [5.74, 6) is -0.109. The molecule has 0 saturated heterocycles. The van der Waals surface area contributed by atoms with Gasteiger partial charge in [0.15, 0.2) is 5.16 Å². The van der Waals surface area contributed by atoms with E-state index in [4.69, 9.17) is 0 Å². The fraction of sp³-hybridized carbons (Fsp3) is 0.312. The first-order valence-corrected chi connectivity index (χ1v) is 9.48. The molecule has 0 aliphatic rings. The lowest BCUT2D eigenvalue weighted by molar-refractivity contribution is -0.115. The van der Waals surface area contributed by atoms with E-state index in [-0.39, 0.29) is 11.2 Å². The van der Waals surface area contributed by atoms with Crippen molar-refractivity contribution < 1.29 is 4.79 Å². The van der Waals surface area contributed by atoms with Gasteiger partial charge >= 0.3 is 0 Å². The highest BCUT2D eigenvalue weighted by molar-refractivity contribution is 8.00. The molecular formula is C16H18N6OS2. The van der Waals surface area contributed by atoms with Crippen LogP contribution in [0.4, 0.5) is 5.13 Å². The third-order valence-corrected chi connectivity index (χ3v) is 5.80. The predicted octanol–water partition coefficient (Wildman–Crippen LogP) is 3.15. The lowest BCUT2D eigenvalue weighted by Gasteiger charge is -2.12. The minimum absolute atomic E-state index is 0.109. The standard InChI is InChI=1S/C16H18N6OS2/c1-4-12(24-16-21-17-9-22(16)3)13(23)18-15-20-19-14(25-15)11-7-5-6-10(2)8-11/h5-9,12H,4H2,1-3H3,(H,18,20,23)/t12-/m0/s1.